The number of ether oxygens (including phenoxy) is 1. The van der Waals surface area contributed by atoms with Crippen LogP contribution in [0.15, 0.2) is 65.8 Å². The highest BCUT2D eigenvalue weighted by molar-refractivity contribution is 7.13. The van der Waals surface area contributed by atoms with Crippen molar-refractivity contribution in [3.63, 3.8) is 0 Å². The highest BCUT2D eigenvalue weighted by atomic mass is 32.1. The average Bonchev–Trinajstić information content (AvgIpc) is 3.11. The minimum Gasteiger partial charge on any atom is -0.465 e. The summed E-state index contributed by atoms with van der Waals surface area (Å²) in [4.78, 5) is 21.2. The molecule has 1 atom stereocenters. The van der Waals surface area contributed by atoms with Crippen molar-refractivity contribution in [3.8, 4) is 0 Å². The number of allylic oxidation sites excluding steroid dienone is 2. The van der Waals surface area contributed by atoms with Gasteiger partial charge < -0.3 is 4.74 Å². The lowest BCUT2D eigenvalue weighted by Crippen LogP contribution is -2.27. The fourth-order valence-electron chi connectivity index (χ4n) is 2.78. The lowest BCUT2D eigenvalue weighted by atomic mass is 9.85. The van der Waals surface area contributed by atoms with Gasteiger partial charge >= 0.3 is 5.97 Å². The number of aromatic nitrogens is 1. The molecule has 0 amide bonds. The molecular formula is C20H20N2O2S. The van der Waals surface area contributed by atoms with Gasteiger partial charge in [-0.25, -0.2) is 9.78 Å². The molecule has 0 bridgehead atoms. The van der Waals surface area contributed by atoms with Crippen molar-refractivity contribution < 1.29 is 9.53 Å². The molecular weight excluding hydrogens is 332 g/mol. The van der Waals surface area contributed by atoms with Gasteiger partial charge in [0.05, 0.1) is 23.9 Å². The minimum atomic E-state index is -0.346. The van der Waals surface area contributed by atoms with Crippen molar-refractivity contribution in [2.24, 2.45) is 4.99 Å². The van der Waals surface area contributed by atoms with Crippen LogP contribution in [0.3, 0.4) is 0 Å². The van der Waals surface area contributed by atoms with E-state index in [0.29, 0.717) is 11.3 Å². The van der Waals surface area contributed by atoms with Gasteiger partial charge in [0.1, 0.15) is 4.88 Å². The number of methoxy groups -OCH3 is 1. The van der Waals surface area contributed by atoms with Gasteiger partial charge in [0.2, 0.25) is 0 Å². The number of esters is 1. The molecule has 0 N–H and O–H groups in total. The first-order valence-electron chi connectivity index (χ1n) is 8.16. The number of nitrogens with zero attached hydrogens (tertiary/aromatic N) is 2. The number of benzene rings is 1. The van der Waals surface area contributed by atoms with E-state index < -0.39 is 0 Å². The van der Waals surface area contributed by atoms with E-state index in [1.807, 2.05) is 12.3 Å². The zero-order chi connectivity index (χ0) is 17.5. The number of hydrogen-bond donors (Lipinski definition) is 0. The number of carbonyl (C=O) groups is 1. The molecule has 1 aromatic carbocycles. The first-order valence-corrected chi connectivity index (χ1v) is 8.97. The van der Waals surface area contributed by atoms with Crippen LogP contribution in [-0.2, 0) is 17.6 Å². The van der Waals surface area contributed by atoms with E-state index in [2.05, 4.69) is 53.6 Å². The molecule has 128 valence electrons. The van der Waals surface area contributed by atoms with Crippen LogP contribution in [0, 0.1) is 0 Å². The summed E-state index contributed by atoms with van der Waals surface area (Å²) in [5, 5.41) is 0.856. The Balaban J connectivity index is 1.71. The maximum atomic E-state index is 11.5. The summed E-state index contributed by atoms with van der Waals surface area (Å²) < 4.78 is 4.71. The zero-order valence-corrected chi connectivity index (χ0v) is 14.9. The molecule has 1 aromatic heterocycles. The topological polar surface area (TPSA) is 51.5 Å². The predicted molar refractivity (Wildman–Crippen MR) is 101 cm³/mol. The molecule has 0 saturated heterocycles. The molecule has 0 spiro atoms. The molecule has 0 saturated carbocycles. The van der Waals surface area contributed by atoms with Gasteiger partial charge in [0.25, 0.3) is 0 Å². The van der Waals surface area contributed by atoms with Crippen LogP contribution in [0.4, 0.5) is 0 Å². The van der Waals surface area contributed by atoms with Crippen LogP contribution >= 0.6 is 11.3 Å². The van der Waals surface area contributed by atoms with E-state index in [4.69, 9.17) is 9.73 Å². The maximum absolute atomic E-state index is 11.5. The summed E-state index contributed by atoms with van der Waals surface area (Å²) in [6.45, 7) is 0. The highest BCUT2D eigenvalue weighted by Crippen LogP contribution is 2.27. The van der Waals surface area contributed by atoms with Crippen LogP contribution in [0.5, 0.6) is 0 Å². The summed E-state index contributed by atoms with van der Waals surface area (Å²) >= 11 is 1.35. The molecule has 1 aliphatic rings. The standard InChI is InChI=1S/C20H20N2O2S/c1-24-19(23)17-15-21-18(25-17)10-13-22-20(11-6-3-7-12-20)14-16-8-4-2-5-9-16/h2-9,11,13,15H,10,12,14H2,1H3/b22-13+. The SMILES string of the molecule is COC(=O)c1cnc(C/C=N/C2(Cc3ccccc3)C=CC=CC2)s1. The molecule has 1 unspecified atom stereocenters. The Hall–Kier alpha value is -2.53. The number of rotatable bonds is 6. The van der Waals surface area contributed by atoms with Crippen LogP contribution in [0.1, 0.15) is 26.7 Å². The van der Waals surface area contributed by atoms with Crippen molar-refractivity contribution >= 4 is 23.5 Å². The fourth-order valence-corrected chi connectivity index (χ4v) is 3.57. The van der Waals surface area contributed by atoms with Crippen molar-refractivity contribution in [1.82, 2.24) is 4.98 Å². The maximum Gasteiger partial charge on any atom is 0.349 e. The molecule has 25 heavy (non-hydrogen) atoms. The molecule has 1 heterocycles. The van der Waals surface area contributed by atoms with E-state index in [1.54, 1.807) is 6.20 Å². The van der Waals surface area contributed by atoms with Gasteiger partial charge in [0.15, 0.2) is 0 Å². The second kappa shape index (κ2) is 8.03. The number of aliphatic imine (C=N–C) groups is 1. The summed E-state index contributed by atoms with van der Waals surface area (Å²) in [5.41, 5.74) is 1.01. The lowest BCUT2D eigenvalue weighted by molar-refractivity contribution is 0.0606. The van der Waals surface area contributed by atoms with Gasteiger partial charge in [-0.2, -0.15) is 0 Å². The van der Waals surface area contributed by atoms with Crippen molar-refractivity contribution in [1.29, 1.82) is 0 Å². The zero-order valence-electron chi connectivity index (χ0n) is 14.1. The molecule has 1 aliphatic carbocycles. The predicted octanol–water partition coefficient (Wildman–Crippen LogP) is 4.04. The molecule has 5 heteroatoms. The number of hydrogen-bond acceptors (Lipinski definition) is 5. The van der Waals surface area contributed by atoms with Crippen molar-refractivity contribution in [2.75, 3.05) is 7.11 Å². The second-order valence-corrected chi connectivity index (χ2v) is 7.00. The van der Waals surface area contributed by atoms with E-state index in [-0.39, 0.29) is 11.5 Å². The Morgan fingerprint density at radius 1 is 1.36 bits per heavy atom. The first kappa shape index (κ1) is 17.3. The van der Waals surface area contributed by atoms with Gasteiger partial charge in [-0.3, -0.25) is 4.99 Å². The van der Waals surface area contributed by atoms with Gasteiger partial charge in [0, 0.05) is 19.1 Å². The number of thiazole rings is 1. The van der Waals surface area contributed by atoms with Crippen LogP contribution in [0.25, 0.3) is 0 Å². The summed E-state index contributed by atoms with van der Waals surface area (Å²) in [6, 6.07) is 10.4. The third-order valence-electron chi connectivity index (χ3n) is 4.03. The van der Waals surface area contributed by atoms with E-state index in [0.717, 1.165) is 17.8 Å². The quantitative estimate of drug-likeness (QED) is 0.582. The number of carbonyl (C=O) groups excluding carboxylic acids is 1. The molecule has 4 nitrogen and oxygen atoms in total. The molecule has 0 aliphatic heterocycles. The van der Waals surface area contributed by atoms with Gasteiger partial charge in [-0.05, 0) is 12.0 Å². The average molecular weight is 352 g/mol. The lowest BCUT2D eigenvalue weighted by Gasteiger charge is -2.27. The first-order chi connectivity index (χ1) is 12.2. The van der Waals surface area contributed by atoms with Gasteiger partial charge in [-0.15, -0.1) is 11.3 Å². The smallest absolute Gasteiger partial charge is 0.349 e. The summed E-state index contributed by atoms with van der Waals surface area (Å²) in [6.07, 6.45) is 14.2. The third-order valence-corrected chi connectivity index (χ3v) is 5.03. The van der Waals surface area contributed by atoms with E-state index in [1.165, 1.54) is 24.0 Å². The normalized spacial score (nSPS) is 19.4. The molecule has 2 aromatic rings. The fraction of sp³-hybridized carbons (Fsp3) is 0.250. The Bertz CT molecular complexity index is 808. The largest absolute Gasteiger partial charge is 0.465 e. The molecule has 0 fully saturated rings. The Labute approximate surface area is 151 Å². The van der Waals surface area contributed by atoms with Gasteiger partial charge in [-0.1, -0.05) is 54.6 Å². The summed E-state index contributed by atoms with van der Waals surface area (Å²) in [7, 11) is 1.37. The summed E-state index contributed by atoms with van der Waals surface area (Å²) in [5.74, 6) is -0.346. The Morgan fingerprint density at radius 3 is 2.92 bits per heavy atom. The molecule has 3 rings (SSSR count). The monoisotopic (exact) mass is 352 g/mol. The highest BCUT2D eigenvalue weighted by Gasteiger charge is 2.26. The Morgan fingerprint density at radius 2 is 2.20 bits per heavy atom. The Kier molecular flexibility index (Phi) is 5.56. The molecule has 0 radical (unpaired) electrons. The second-order valence-electron chi connectivity index (χ2n) is 5.88. The van der Waals surface area contributed by atoms with E-state index in [9.17, 15) is 4.79 Å². The van der Waals surface area contributed by atoms with Crippen molar-refractivity contribution in [3.05, 3.63) is 76.3 Å². The third kappa shape index (κ3) is 4.51. The van der Waals surface area contributed by atoms with Crippen LogP contribution in [-0.4, -0.2) is 29.8 Å². The van der Waals surface area contributed by atoms with Crippen LogP contribution < -0.4 is 0 Å². The minimum absolute atomic E-state index is 0.251. The van der Waals surface area contributed by atoms with Crippen molar-refractivity contribution in [2.45, 2.75) is 24.8 Å². The van der Waals surface area contributed by atoms with E-state index >= 15 is 0 Å². The van der Waals surface area contributed by atoms with Crippen LogP contribution in [0.2, 0.25) is 0 Å².